The van der Waals surface area contributed by atoms with Crippen LogP contribution in [0.2, 0.25) is 0 Å². The molecule has 0 nitrogen and oxygen atoms in total. The van der Waals surface area contributed by atoms with Gasteiger partial charge in [0.25, 0.3) is 0 Å². The summed E-state index contributed by atoms with van der Waals surface area (Å²) in [6.07, 6.45) is 15.2. The third kappa shape index (κ3) is 17.2. The summed E-state index contributed by atoms with van der Waals surface area (Å²) in [5.41, 5.74) is 3.00. The van der Waals surface area contributed by atoms with Gasteiger partial charge in [-0.25, -0.2) is 0 Å². The van der Waals surface area contributed by atoms with Crippen LogP contribution in [0.1, 0.15) is 87.5 Å². The molecule has 1 aliphatic carbocycles. The van der Waals surface area contributed by atoms with Gasteiger partial charge in [-0.05, 0) is 57.8 Å². The molecule has 0 aromatic carbocycles. The zero-order valence-corrected chi connectivity index (χ0v) is 16.0. The van der Waals surface area contributed by atoms with Crippen molar-refractivity contribution in [1.82, 2.24) is 0 Å². The lowest BCUT2D eigenvalue weighted by atomic mass is 10.1. The van der Waals surface area contributed by atoms with Gasteiger partial charge in [0.1, 0.15) is 0 Å². The van der Waals surface area contributed by atoms with E-state index in [4.69, 9.17) is 0 Å². The van der Waals surface area contributed by atoms with Crippen LogP contribution in [0.25, 0.3) is 0 Å². The molecule has 2 atom stereocenters. The average molecular weight is 293 g/mol. The van der Waals surface area contributed by atoms with Crippen LogP contribution in [0.3, 0.4) is 0 Å². The second-order valence-corrected chi connectivity index (χ2v) is 6.20. The van der Waals surface area contributed by atoms with Crippen LogP contribution in [0.5, 0.6) is 0 Å². The summed E-state index contributed by atoms with van der Waals surface area (Å²) < 4.78 is 0. The molecule has 0 bridgehead atoms. The van der Waals surface area contributed by atoms with Crippen LogP contribution in [0.15, 0.2) is 35.5 Å². The molecule has 0 amide bonds. The molecule has 2 unspecified atom stereocenters. The Bertz CT molecular complexity index is 274. The molecule has 21 heavy (non-hydrogen) atoms. The summed E-state index contributed by atoms with van der Waals surface area (Å²) in [6, 6.07) is 0. The van der Waals surface area contributed by atoms with Gasteiger partial charge in [0.2, 0.25) is 0 Å². The van der Waals surface area contributed by atoms with E-state index in [0.29, 0.717) is 0 Å². The summed E-state index contributed by atoms with van der Waals surface area (Å²) in [5, 5.41) is 0. The van der Waals surface area contributed by atoms with Gasteiger partial charge in [-0.1, -0.05) is 77.0 Å². The van der Waals surface area contributed by atoms with Gasteiger partial charge in [-0.3, -0.25) is 0 Å². The summed E-state index contributed by atoms with van der Waals surface area (Å²) in [5.74, 6) is 1.69. The topological polar surface area (TPSA) is 0 Å². The van der Waals surface area contributed by atoms with Gasteiger partial charge in [0.05, 0.1) is 0 Å². The summed E-state index contributed by atoms with van der Waals surface area (Å²) in [6.45, 7) is 17.6. The van der Waals surface area contributed by atoms with Crippen LogP contribution in [-0.4, -0.2) is 0 Å². The minimum atomic E-state index is 0.843. The summed E-state index contributed by atoms with van der Waals surface area (Å²) in [7, 11) is 0. The lowest BCUT2D eigenvalue weighted by Gasteiger charge is -1.97. The Kier molecular flexibility index (Phi) is 16.7. The van der Waals surface area contributed by atoms with Crippen molar-refractivity contribution in [3.05, 3.63) is 35.5 Å². The number of rotatable bonds is 4. The molecule has 0 aromatic rings. The van der Waals surface area contributed by atoms with Crippen molar-refractivity contribution < 1.29 is 0 Å². The van der Waals surface area contributed by atoms with E-state index in [2.05, 4.69) is 79.7 Å². The van der Waals surface area contributed by atoms with Crippen molar-refractivity contribution in [2.24, 2.45) is 11.8 Å². The maximum absolute atomic E-state index is 2.30. The molecule has 0 spiro atoms. The highest BCUT2D eigenvalue weighted by Crippen LogP contribution is 2.21. The van der Waals surface area contributed by atoms with Crippen molar-refractivity contribution in [1.29, 1.82) is 0 Å². The Hall–Kier alpha value is -0.780. The summed E-state index contributed by atoms with van der Waals surface area (Å²) in [4.78, 5) is 0. The first kappa shape index (κ1) is 22.5. The molecule has 0 saturated heterocycles. The highest BCUT2D eigenvalue weighted by Gasteiger charge is 2.08. The first-order valence-corrected chi connectivity index (χ1v) is 8.90. The van der Waals surface area contributed by atoms with E-state index in [1.807, 2.05) is 0 Å². The van der Waals surface area contributed by atoms with E-state index in [1.165, 1.54) is 43.3 Å². The largest absolute Gasteiger partial charge is 0.0859 e. The highest BCUT2D eigenvalue weighted by atomic mass is 14.1. The Morgan fingerprint density at radius 1 is 0.810 bits per heavy atom. The molecule has 1 rings (SSSR count). The zero-order chi connectivity index (χ0) is 16.7. The second-order valence-electron chi connectivity index (χ2n) is 6.20. The average Bonchev–Trinajstić information content (AvgIpc) is 2.84. The molecule has 0 N–H and O–H groups in total. The van der Waals surface area contributed by atoms with E-state index in [-0.39, 0.29) is 0 Å². The van der Waals surface area contributed by atoms with Crippen LogP contribution in [0.4, 0.5) is 0 Å². The maximum atomic E-state index is 2.30. The van der Waals surface area contributed by atoms with Gasteiger partial charge in [-0.15, -0.1) is 0 Å². The Morgan fingerprint density at radius 3 is 1.24 bits per heavy atom. The third-order valence-electron chi connectivity index (χ3n) is 3.73. The number of allylic oxidation sites excluding steroid dienone is 6. The fourth-order valence-electron chi connectivity index (χ4n) is 2.11. The first-order valence-electron chi connectivity index (χ1n) is 8.90. The quantitative estimate of drug-likeness (QED) is 0.465. The highest BCUT2D eigenvalue weighted by molar-refractivity contribution is 4.98. The zero-order valence-electron chi connectivity index (χ0n) is 16.0. The standard InChI is InChI=1S/C7H12.2C7H14/c1-6-3-4-7(2)5-6;2*1-4-6-7(3)5-2/h3-4,6-7H,5H2,1-2H3;2*6H,4-5H2,1-3H3/b;7-6+;7-6-. The van der Waals surface area contributed by atoms with E-state index < -0.39 is 0 Å². The minimum absolute atomic E-state index is 0.843. The third-order valence-corrected chi connectivity index (χ3v) is 3.73. The molecule has 0 radical (unpaired) electrons. The fraction of sp³-hybridized carbons (Fsp3) is 0.714. The molecule has 0 aliphatic heterocycles. The van der Waals surface area contributed by atoms with E-state index >= 15 is 0 Å². The number of hydrogen-bond acceptors (Lipinski definition) is 0. The SMILES string of the molecule is CC/C=C(/C)CC.CC/C=C(\C)CC.CC1C=CC(C)C1. The molecular weight excluding hydrogens is 252 g/mol. The van der Waals surface area contributed by atoms with Gasteiger partial charge in [0.15, 0.2) is 0 Å². The van der Waals surface area contributed by atoms with Crippen molar-refractivity contribution in [3.8, 4) is 0 Å². The minimum Gasteiger partial charge on any atom is -0.0859 e. The Labute approximate surface area is 135 Å². The van der Waals surface area contributed by atoms with Crippen molar-refractivity contribution in [2.75, 3.05) is 0 Å². The maximum Gasteiger partial charge on any atom is -0.0256 e. The second kappa shape index (κ2) is 15.6. The Morgan fingerprint density at radius 2 is 1.14 bits per heavy atom. The van der Waals surface area contributed by atoms with Crippen LogP contribution in [0, 0.1) is 11.8 Å². The van der Waals surface area contributed by atoms with Crippen LogP contribution >= 0.6 is 0 Å². The number of hydrogen-bond donors (Lipinski definition) is 0. The summed E-state index contributed by atoms with van der Waals surface area (Å²) >= 11 is 0. The van der Waals surface area contributed by atoms with Gasteiger partial charge in [0, 0.05) is 0 Å². The molecule has 0 heteroatoms. The van der Waals surface area contributed by atoms with Crippen molar-refractivity contribution >= 4 is 0 Å². The van der Waals surface area contributed by atoms with Crippen LogP contribution < -0.4 is 0 Å². The van der Waals surface area contributed by atoms with E-state index in [0.717, 1.165) is 11.8 Å². The first-order chi connectivity index (χ1) is 9.90. The molecular formula is C21H40. The normalized spacial score (nSPS) is 21.3. The van der Waals surface area contributed by atoms with Gasteiger partial charge >= 0.3 is 0 Å². The van der Waals surface area contributed by atoms with E-state index in [9.17, 15) is 0 Å². The molecule has 124 valence electrons. The van der Waals surface area contributed by atoms with E-state index in [1.54, 1.807) is 0 Å². The molecule has 0 saturated carbocycles. The molecule has 0 fully saturated rings. The van der Waals surface area contributed by atoms with Gasteiger partial charge < -0.3 is 0 Å². The lowest BCUT2D eigenvalue weighted by molar-refractivity contribution is 0.591. The van der Waals surface area contributed by atoms with Crippen LogP contribution in [-0.2, 0) is 0 Å². The fourth-order valence-corrected chi connectivity index (χ4v) is 2.11. The predicted octanol–water partition coefficient (Wildman–Crippen LogP) is 7.72. The molecule has 1 aliphatic rings. The Balaban J connectivity index is 0. The van der Waals surface area contributed by atoms with Crippen molar-refractivity contribution in [3.63, 3.8) is 0 Å². The monoisotopic (exact) mass is 292 g/mol. The van der Waals surface area contributed by atoms with Crippen molar-refractivity contribution in [2.45, 2.75) is 87.5 Å². The molecule has 0 aromatic heterocycles. The van der Waals surface area contributed by atoms with Gasteiger partial charge in [-0.2, -0.15) is 0 Å². The molecule has 0 heterocycles. The lowest BCUT2D eigenvalue weighted by Crippen LogP contribution is -1.86. The predicted molar refractivity (Wildman–Crippen MR) is 101 cm³/mol. The smallest absolute Gasteiger partial charge is 0.0256 e.